The van der Waals surface area contributed by atoms with Crippen molar-refractivity contribution in [3.63, 3.8) is 0 Å². The number of ether oxygens (including phenoxy) is 1. The predicted octanol–water partition coefficient (Wildman–Crippen LogP) is 4.24. The molecule has 0 aliphatic rings. The SMILES string of the molecule is C\C=C/C(=C\C=C\C)OCc1ccccc1. The molecule has 0 fully saturated rings. The summed E-state index contributed by atoms with van der Waals surface area (Å²) in [4.78, 5) is 0. The molecule has 16 heavy (non-hydrogen) atoms. The van der Waals surface area contributed by atoms with Gasteiger partial charge in [-0.3, -0.25) is 0 Å². The van der Waals surface area contributed by atoms with Crippen LogP contribution < -0.4 is 0 Å². The molecule has 0 saturated heterocycles. The van der Waals surface area contributed by atoms with E-state index in [1.807, 2.05) is 62.4 Å². The Kier molecular flexibility index (Phi) is 5.79. The van der Waals surface area contributed by atoms with Crippen LogP contribution in [0.2, 0.25) is 0 Å². The lowest BCUT2D eigenvalue weighted by molar-refractivity contribution is 0.211. The van der Waals surface area contributed by atoms with Crippen molar-refractivity contribution in [2.24, 2.45) is 0 Å². The third-order valence-electron chi connectivity index (χ3n) is 2.03. The second-order valence-corrected chi connectivity index (χ2v) is 3.37. The summed E-state index contributed by atoms with van der Waals surface area (Å²) in [6.45, 7) is 4.57. The van der Waals surface area contributed by atoms with Gasteiger partial charge in [0.25, 0.3) is 0 Å². The molecule has 0 atom stereocenters. The lowest BCUT2D eigenvalue weighted by Crippen LogP contribution is -1.91. The molecule has 0 aliphatic carbocycles. The van der Waals surface area contributed by atoms with Crippen molar-refractivity contribution in [1.29, 1.82) is 0 Å². The first-order valence-corrected chi connectivity index (χ1v) is 5.49. The maximum atomic E-state index is 5.69. The van der Waals surface area contributed by atoms with E-state index >= 15 is 0 Å². The summed E-state index contributed by atoms with van der Waals surface area (Å²) in [6, 6.07) is 10.2. The van der Waals surface area contributed by atoms with Crippen LogP contribution in [0.3, 0.4) is 0 Å². The first-order valence-electron chi connectivity index (χ1n) is 5.49. The van der Waals surface area contributed by atoms with Gasteiger partial charge in [-0.05, 0) is 31.6 Å². The normalized spacial score (nSPS) is 12.5. The Balaban J connectivity index is 2.57. The Morgan fingerprint density at radius 1 is 1.12 bits per heavy atom. The molecule has 0 unspecified atom stereocenters. The van der Waals surface area contributed by atoms with E-state index in [0.717, 1.165) is 5.76 Å². The number of allylic oxidation sites excluding steroid dienone is 5. The van der Waals surface area contributed by atoms with E-state index in [0.29, 0.717) is 6.61 Å². The fourth-order valence-electron chi connectivity index (χ4n) is 1.25. The highest BCUT2D eigenvalue weighted by Gasteiger charge is 1.93. The molecule has 1 heteroatoms. The molecule has 0 N–H and O–H groups in total. The Morgan fingerprint density at radius 2 is 1.88 bits per heavy atom. The highest BCUT2D eigenvalue weighted by molar-refractivity contribution is 5.19. The Hall–Kier alpha value is -1.76. The molecule has 0 aliphatic heterocycles. The molecule has 0 bridgehead atoms. The summed E-state index contributed by atoms with van der Waals surface area (Å²) < 4.78 is 5.69. The zero-order chi connectivity index (χ0) is 11.6. The van der Waals surface area contributed by atoms with Gasteiger partial charge in [0.2, 0.25) is 0 Å². The van der Waals surface area contributed by atoms with Gasteiger partial charge >= 0.3 is 0 Å². The Labute approximate surface area is 97.8 Å². The average Bonchev–Trinajstić information content (AvgIpc) is 2.34. The summed E-state index contributed by atoms with van der Waals surface area (Å²) >= 11 is 0. The molecule has 84 valence electrons. The van der Waals surface area contributed by atoms with Crippen LogP contribution in [0.15, 0.2) is 66.5 Å². The summed E-state index contributed by atoms with van der Waals surface area (Å²) in [7, 11) is 0. The van der Waals surface area contributed by atoms with Crippen molar-refractivity contribution in [2.45, 2.75) is 20.5 Å². The number of benzene rings is 1. The first-order chi connectivity index (χ1) is 7.86. The molecule has 0 heterocycles. The van der Waals surface area contributed by atoms with Crippen LogP contribution in [-0.2, 0) is 11.3 Å². The molecule has 0 radical (unpaired) electrons. The minimum atomic E-state index is 0.606. The summed E-state index contributed by atoms with van der Waals surface area (Å²) in [5.41, 5.74) is 1.18. The highest BCUT2D eigenvalue weighted by Crippen LogP contribution is 2.07. The highest BCUT2D eigenvalue weighted by atomic mass is 16.5. The molecule has 1 nitrogen and oxygen atoms in total. The molecular formula is C15H18O. The maximum absolute atomic E-state index is 5.69. The van der Waals surface area contributed by atoms with E-state index in [4.69, 9.17) is 4.74 Å². The molecule has 0 spiro atoms. The van der Waals surface area contributed by atoms with Crippen LogP contribution >= 0.6 is 0 Å². The van der Waals surface area contributed by atoms with Crippen LogP contribution in [0.5, 0.6) is 0 Å². The average molecular weight is 214 g/mol. The fourth-order valence-corrected chi connectivity index (χ4v) is 1.25. The lowest BCUT2D eigenvalue weighted by atomic mass is 10.2. The quantitative estimate of drug-likeness (QED) is 0.526. The van der Waals surface area contributed by atoms with Crippen LogP contribution in [0.25, 0.3) is 0 Å². The third-order valence-corrected chi connectivity index (χ3v) is 2.03. The second kappa shape index (κ2) is 7.52. The van der Waals surface area contributed by atoms with Crippen molar-refractivity contribution in [3.05, 3.63) is 72.0 Å². The van der Waals surface area contributed by atoms with Crippen molar-refractivity contribution >= 4 is 0 Å². The Morgan fingerprint density at radius 3 is 2.50 bits per heavy atom. The fraction of sp³-hybridized carbons (Fsp3) is 0.200. The lowest BCUT2D eigenvalue weighted by Gasteiger charge is -2.06. The Bertz CT molecular complexity index is 372. The van der Waals surface area contributed by atoms with Gasteiger partial charge in [0.1, 0.15) is 12.4 Å². The van der Waals surface area contributed by atoms with E-state index < -0.39 is 0 Å². The van der Waals surface area contributed by atoms with Crippen LogP contribution in [0, 0.1) is 0 Å². The standard InChI is InChI=1S/C15H18O/c1-3-5-12-15(9-4-2)16-13-14-10-7-6-8-11-14/h3-12H,13H2,1-2H3/b5-3+,9-4-,15-12+. The van der Waals surface area contributed by atoms with Gasteiger partial charge in [-0.15, -0.1) is 0 Å². The van der Waals surface area contributed by atoms with Crippen LogP contribution in [-0.4, -0.2) is 0 Å². The predicted molar refractivity (Wildman–Crippen MR) is 68.9 cm³/mol. The van der Waals surface area contributed by atoms with E-state index in [1.54, 1.807) is 0 Å². The van der Waals surface area contributed by atoms with Gasteiger partial charge in [0, 0.05) is 0 Å². The third kappa shape index (κ3) is 4.65. The van der Waals surface area contributed by atoms with E-state index in [1.165, 1.54) is 5.56 Å². The van der Waals surface area contributed by atoms with Crippen molar-refractivity contribution in [1.82, 2.24) is 0 Å². The molecule has 0 amide bonds. The van der Waals surface area contributed by atoms with Gasteiger partial charge in [0.15, 0.2) is 0 Å². The molecule has 1 aromatic carbocycles. The molecule has 0 saturated carbocycles. The molecule has 0 aromatic heterocycles. The van der Waals surface area contributed by atoms with E-state index in [-0.39, 0.29) is 0 Å². The maximum Gasteiger partial charge on any atom is 0.119 e. The second-order valence-electron chi connectivity index (χ2n) is 3.37. The van der Waals surface area contributed by atoms with Crippen LogP contribution in [0.4, 0.5) is 0 Å². The summed E-state index contributed by atoms with van der Waals surface area (Å²) in [5.74, 6) is 0.879. The molecular weight excluding hydrogens is 196 g/mol. The summed E-state index contributed by atoms with van der Waals surface area (Å²) in [5, 5.41) is 0. The van der Waals surface area contributed by atoms with Crippen molar-refractivity contribution in [2.75, 3.05) is 0 Å². The van der Waals surface area contributed by atoms with Crippen molar-refractivity contribution in [3.8, 4) is 0 Å². The minimum Gasteiger partial charge on any atom is -0.489 e. The van der Waals surface area contributed by atoms with E-state index in [9.17, 15) is 0 Å². The monoisotopic (exact) mass is 214 g/mol. The molecule has 1 rings (SSSR count). The largest absolute Gasteiger partial charge is 0.489 e. The number of rotatable bonds is 5. The van der Waals surface area contributed by atoms with Gasteiger partial charge in [-0.2, -0.15) is 0 Å². The van der Waals surface area contributed by atoms with Crippen LogP contribution in [0.1, 0.15) is 19.4 Å². The topological polar surface area (TPSA) is 9.23 Å². The smallest absolute Gasteiger partial charge is 0.119 e. The van der Waals surface area contributed by atoms with Gasteiger partial charge in [0.05, 0.1) is 0 Å². The zero-order valence-corrected chi connectivity index (χ0v) is 9.89. The minimum absolute atomic E-state index is 0.606. The first kappa shape index (κ1) is 12.3. The summed E-state index contributed by atoms with van der Waals surface area (Å²) in [6.07, 6.45) is 9.85. The van der Waals surface area contributed by atoms with E-state index in [2.05, 4.69) is 12.1 Å². The van der Waals surface area contributed by atoms with Gasteiger partial charge in [-0.1, -0.05) is 48.6 Å². The van der Waals surface area contributed by atoms with Gasteiger partial charge in [-0.25, -0.2) is 0 Å². The number of hydrogen-bond donors (Lipinski definition) is 0. The molecule has 1 aromatic rings. The van der Waals surface area contributed by atoms with Crippen molar-refractivity contribution < 1.29 is 4.74 Å². The van der Waals surface area contributed by atoms with Gasteiger partial charge < -0.3 is 4.74 Å². The zero-order valence-electron chi connectivity index (χ0n) is 9.89. The number of hydrogen-bond acceptors (Lipinski definition) is 1.